The molecule has 1 aliphatic carbocycles. The highest BCUT2D eigenvalue weighted by molar-refractivity contribution is 5.94. The zero-order valence-corrected chi connectivity index (χ0v) is 20.8. The monoisotopic (exact) mass is 462 g/mol. The number of nitrogens with one attached hydrogen (secondary N) is 1. The predicted octanol–water partition coefficient (Wildman–Crippen LogP) is 5.70. The Morgan fingerprint density at radius 1 is 0.912 bits per heavy atom. The van der Waals surface area contributed by atoms with Crippen LogP contribution in [-0.2, 0) is 14.4 Å². The van der Waals surface area contributed by atoms with E-state index in [1.54, 1.807) is 19.0 Å². The second kappa shape index (κ2) is 12.0. The van der Waals surface area contributed by atoms with Crippen molar-refractivity contribution < 1.29 is 14.4 Å². The molecule has 0 heterocycles. The number of benzene rings is 2. The Bertz CT molecular complexity index is 961. The minimum atomic E-state index is -0.743. The molecule has 0 radical (unpaired) electrons. The van der Waals surface area contributed by atoms with Crippen LogP contribution in [0.4, 0.5) is 0 Å². The number of hydrogen-bond donors (Lipinski definition) is 1. The first-order valence-corrected chi connectivity index (χ1v) is 12.6. The van der Waals surface area contributed by atoms with Gasteiger partial charge in [-0.3, -0.25) is 14.4 Å². The van der Waals surface area contributed by atoms with Gasteiger partial charge in [-0.15, -0.1) is 0 Å². The van der Waals surface area contributed by atoms with Crippen molar-refractivity contribution in [2.75, 3.05) is 14.1 Å². The summed E-state index contributed by atoms with van der Waals surface area (Å²) in [4.78, 5) is 41.1. The molecule has 34 heavy (non-hydrogen) atoms. The summed E-state index contributed by atoms with van der Waals surface area (Å²) in [7, 11) is 3.45. The standard InChI is InChI=1S/C29H38N2O3/c1-4-5-14-25(32)27(24-17-15-23(16-18-24)22-12-8-6-9-13-22)30-28(34)29(19-10-7-11-20-29)21-26(33)31(2)3/h6,8-9,12-13,15-18,27H,4-5,7,10-11,14,19-21H2,1-3H3,(H,30,34). The number of hydrogen-bond acceptors (Lipinski definition) is 3. The van der Waals surface area contributed by atoms with E-state index in [1.807, 2.05) is 42.5 Å². The Morgan fingerprint density at radius 2 is 1.53 bits per heavy atom. The lowest BCUT2D eigenvalue weighted by Crippen LogP contribution is -2.47. The number of carbonyl (C=O) groups is 3. The van der Waals surface area contributed by atoms with Crippen LogP contribution in [0.1, 0.15) is 76.3 Å². The van der Waals surface area contributed by atoms with Crippen molar-refractivity contribution in [1.82, 2.24) is 10.2 Å². The van der Waals surface area contributed by atoms with Gasteiger partial charge in [-0.1, -0.05) is 87.2 Å². The van der Waals surface area contributed by atoms with E-state index in [4.69, 9.17) is 0 Å². The second-order valence-corrected chi connectivity index (χ2v) is 9.77. The van der Waals surface area contributed by atoms with Crippen molar-refractivity contribution in [2.45, 2.75) is 70.8 Å². The number of rotatable bonds is 10. The molecule has 0 aliphatic heterocycles. The van der Waals surface area contributed by atoms with Gasteiger partial charge in [0.15, 0.2) is 5.78 Å². The third-order valence-corrected chi connectivity index (χ3v) is 7.01. The Morgan fingerprint density at radius 3 is 2.12 bits per heavy atom. The lowest BCUT2D eigenvalue weighted by atomic mass is 9.70. The van der Waals surface area contributed by atoms with Crippen LogP contribution in [0.5, 0.6) is 0 Å². The molecule has 2 amide bonds. The summed E-state index contributed by atoms with van der Waals surface area (Å²) in [6.07, 6.45) is 6.61. The molecule has 5 nitrogen and oxygen atoms in total. The number of unbranched alkanes of at least 4 members (excludes halogenated alkanes) is 1. The number of ketones is 1. The molecule has 1 saturated carbocycles. The summed E-state index contributed by atoms with van der Waals surface area (Å²) in [5.74, 6) is -0.185. The highest BCUT2D eigenvalue weighted by Gasteiger charge is 2.43. The maximum absolute atomic E-state index is 13.7. The lowest BCUT2D eigenvalue weighted by Gasteiger charge is -2.37. The van der Waals surface area contributed by atoms with Crippen LogP contribution in [0.15, 0.2) is 54.6 Å². The number of Topliss-reactive ketones (excluding diaryl/α,β-unsaturated/α-hetero) is 1. The molecule has 1 N–H and O–H groups in total. The maximum atomic E-state index is 13.7. The fourth-order valence-electron chi connectivity index (χ4n) is 4.79. The molecule has 5 heteroatoms. The zero-order chi connectivity index (χ0) is 24.6. The van der Waals surface area contributed by atoms with E-state index >= 15 is 0 Å². The minimum Gasteiger partial charge on any atom is -0.349 e. The van der Waals surface area contributed by atoms with Gasteiger partial charge in [-0.2, -0.15) is 0 Å². The Labute approximate surface area is 203 Å². The van der Waals surface area contributed by atoms with Crippen molar-refractivity contribution in [2.24, 2.45) is 5.41 Å². The van der Waals surface area contributed by atoms with Crippen LogP contribution in [-0.4, -0.2) is 36.6 Å². The molecule has 1 unspecified atom stereocenters. The highest BCUT2D eigenvalue weighted by Crippen LogP contribution is 2.40. The molecule has 2 aromatic carbocycles. The Kier molecular flexibility index (Phi) is 9.03. The summed E-state index contributed by atoms with van der Waals surface area (Å²) in [6, 6.07) is 17.3. The first kappa shape index (κ1) is 25.7. The lowest BCUT2D eigenvalue weighted by molar-refractivity contribution is -0.143. The highest BCUT2D eigenvalue weighted by atomic mass is 16.2. The van der Waals surface area contributed by atoms with E-state index in [9.17, 15) is 14.4 Å². The summed E-state index contributed by atoms with van der Waals surface area (Å²) in [5, 5.41) is 3.10. The van der Waals surface area contributed by atoms with E-state index in [0.29, 0.717) is 19.3 Å². The van der Waals surface area contributed by atoms with Gasteiger partial charge in [-0.25, -0.2) is 0 Å². The van der Waals surface area contributed by atoms with Crippen molar-refractivity contribution in [3.63, 3.8) is 0 Å². The average molecular weight is 463 g/mol. The third-order valence-electron chi connectivity index (χ3n) is 7.01. The molecule has 0 saturated heterocycles. The predicted molar refractivity (Wildman–Crippen MR) is 136 cm³/mol. The topological polar surface area (TPSA) is 66.5 Å². The fourth-order valence-corrected chi connectivity index (χ4v) is 4.79. The summed E-state index contributed by atoms with van der Waals surface area (Å²) in [5.41, 5.74) is 2.22. The molecule has 2 aromatic rings. The second-order valence-electron chi connectivity index (χ2n) is 9.77. The Balaban J connectivity index is 1.87. The van der Waals surface area contributed by atoms with E-state index in [0.717, 1.165) is 48.8 Å². The van der Waals surface area contributed by atoms with Crippen LogP contribution in [0, 0.1) is 5.41 Å². The van der Waals surface area contributed by atoms with Crippen molar-refractivity contribution in [3.05, 3.63) is 60.2 Å². The van der Waals surface area contributed by atoms with Gasteiger partial charge in [0.05, 0.1) is 5.41 Å². The van der Waals surface area contributed by atoms with Crippen molar-refractivity contribution >= 4 is 17.6 Å². The van der Waals surface area contributed by atoms with E-state index in [1.165, 1.54) is 0 Å². The first-order chi connectivity index (χ1) is 16.4. The molecule has 0 aromatic heterocycles. The summed E-state index contributed by atoms with van der Waals surface area (Å²) >= 11 is 0. The van der Waals surface area contributed by atoms with Crippen LogP contribution in [0.25, 0.3) is 11.1 Å². The smallest absolute Gasteiger partial charge is 0.227 e. The summed E-state index contributed by atoms with van der Waals surface area (Å²) < 4.78 is 0. The van der Waals surface area contributed by atoms with Crippen molar-refractivity contribution in [1.29, 1.82) is 0 Å². The minimum absolute atomic E-state index is 0.0209. The SMILES string of the molecule is CCCCC(=O)C(NC(=O)C1(CC(=O)N(C)C)CCCCC1)c1ccc(-c2ccccc2)cc1. The average Bonchev–Trinajstić information content (AvgIpc) is 2.86. The van der Waals surface area contributed by atoms with E-state index in [2.05, 4.69) is 24.4 Å². The molecule has 1 aliphatic rings. The van der Waals surface area contributed by atoms with Gasteiger partial charge < -0.3 is 10.2 Å². The van der Waals surface area contributed by atoms with Crippen LogP contribution in [0.2, 0.25) is 0 Å². The quantitative estimate of drug-likeness (QED) is 0.493. The number of amides is 2. The van der Waals surface area contributed by atoms with E-state index < -0.39 is 11.5 Å². The van der Waals surface area contributed by atoms with Crippen molar-refractivity contribution in [3.8, 4) is 11.1 Å². The molecular weight excluding hydrogens is 424 g/mol. The molecule has 3 rings (SSSR count). The zero-order valence-electron chi connectivity index (χ0n) is 20.8. The normalized spacial score (nSPS) is 15.9. The molecule has 0 bridgehead atoms. The van der Waals surface area contributed by atoms with Gasteiger partial charge in [0.25, 0.3) is 0 Å². The van der Waals surface area contributed by atoms with Gasteiger partial charge >= 0.3 is 0 Å². The van der Waals surface area contributed by atoms with Gasteiger partial charge in [0.1, 0.15) is 6.04 Å². The van der Waals surface area contributed by atoms with Crippen LogP contribution >= 0.6 is 0 Å². The Hall–Kier alpha value is -2.95. The summed E-state index contributed by atoms with van der Waals surface area (Å²) in [6.45, 7) is 2.05. The molecule has 1 atom stereocenters. The third kappa shape index (κ3) is 6.34. The van der Waals surface area contributed by atoms with Gasteiger partial charge in [-0.05, 0) is 36.0 Å². The number of carbonyl (C=O) groups excluding carboxylic acids is 3. The molecule has 182 valence electrons. The fraction of sp³-hybridized carbons (Fsp3) is 0.483. The molecule has 1 fully saturated rings. The van der Waals surface area contributed by atoms with Gasteiger partial charge in [0.2, 0.25) is 11.8 Å². The van der Waals surface area contributed by atoms with E-state index in [-0.39, 0.29) is 24.0 Å². The van der Waals surface area contributed by atoms with Crippen LogP contribution < -0.4 is 5.32 Å². The molecular formula is C29H38N2O3. The first-order valence-electron chi connectivity index (χ1n) is 12.6. The number of nitrogens with zero attached hydrogens (tertiary/aromatic N) is 1. The maximum Gasteiger partial charge on any atom is 0.227 e. The molecule has 0 spiro atoms. The largest absolute Gasteiger partial charge is 0.349 e. The van der Waals surface area contributed by atoms with Crippen LogP contribution in [0.3, 0.4) is 0 Å². The van der Waals surface area contributed by atoms with Gasteiger partial charge in [0, 0.05) is 26.9 Å².